The molecule has 0 bridgehead atoms. The van der Waals surface area contributed by atoms with Gasteiger partial charge in [0, 0.05) is 0 Å². The SMILES string of the molecule is COc1ccc(Cc2ccc(C)c(S(N)(=O)=O)c2)cc1. The number of primary sulfonamides is 1. The van der Waals surface area contributed by atoms with Crippen LogP contribution in [0.4, 0.5) is 0 Å². The molecule has 2 N–H and O–H groups in total. The van der Waals surface area contributed by atoms with Crippen LogP contribution >= 0.6 is 0 Å². The highest BCUT2D eigenvalue weighted by Gasteiger charge is 2.12. The number of hydrogen-bond acceptors (Lipinski definition) is 3. The largest absolute Gasteiger partial charge is 0.497 e. The van der Waals surface area contributed by atoms with E-state index in [1.54, 1.807) is 26.2 Å². The van der Waals surface area contributed by atoms with Crippen LogP contribution in [0, 0.1) is 6.92 Å². The van der Waals surface area contributed by atoms with Crippen molar-refractivity contribution in [3.05, 3.63) is 59.2 Å². The molecule has 0 unspecified atom stereocenters. The smallest absolute Gasteiger partial charge is 0.238 e. The lowest BCUT2D eigenvalue weighted by Gasteiger charge is -2.08. The van der Waals surface area contributed by atoms with E-state index in [4.69, 9.17) is 9.88 Å². The van der Waals surface area contributed by atoms with Gasteiger partial charge in [0.25, 0.3) is 0 Å². The Hall–Kier alpha value is -1.85. The van der Waals surface area contributed by atoms with Crippen molar-refractivity contribution < 1.29 is 13.2 Å². The Labute approximate surface area is 119 Å². The van der Waals surface area contributed by atoms with E-state index in [2.05, 4.69) is 0 Å². The summed E-state index contributed by atoms with van der Waals surface area (Å²) in [4.78, 5) is 0.184. The normalized spacial score (nSPS) is 11.3. The van der Waals surface area contributed by atoms with E-state index in [0.717, 1.165) is 16.9 Å². The highest BCUT2D eigenvalue weighted by molar-refractivity contribution is 7.89. The quantitative estimate of drug-likeness (QED) is 0.939. The third-order valence-electron chi connectivity index (χ3n) is 3.13. The molecule has 0 aromatic heterocycles. The maximum atomic E-state index is 11.5. The molecule has 0 spiro atoms. The van der Waals surface area contributed by atoms with Crippen LogP contribution in [0.5, 0.6) is 5.75 Å². The molecule has 106 valence electrons. The van der Waals surface area contributed by atoms with Gasteiger partial charge in [-0.3, -0.25) is 0 Å². The molecule has 20 heavy (non-hydrogen) atoms. The summed E-state index contributed by atoms with van der Waals surface area (Å²) in [6, 6.07) is 13.0. The molecule has 0 atom stereocenters. The van der Waals surface area contributed by atoms with Gasteiger partial charge >= 0.3 is 0 Å². The average molecular weight is 291 g/mol. The number of hydrogen-bond donors (Lipinski definition) is 1. The van der Waals surface area contributed by atoms with Crippen molar-refractivity contribution in [2.45, 2.75) is 18.2 Å². The van der Waals surface area contributed by atoms with Crippen molar-refractivity contribution in [1.29, 1.82) is 0 Å². The first-order chi connectivity index (χ1) is 9.40. The molecule has 4 nitrogen and oxygen atoms in total. The Balaban J connectivity index is 2.29. The van der Waals surface area contributed by atoms with E-state index in [0.29, 0.717) is 12.0 Å². The molecule has 0 saturated carbocycles. The van der Waals surface area contributed by atoms with Crippen LogP contribution in [0.15, 0.2) is 47.4 Å². The first-order valence-electron chi connectivity index (χ1n) is 6.15. The predicted octanol–water partition coefficient (Wildman–Crippen LogP) is 2.24. The van der Waals surface area contributed by atoms with Crippen molar-refractivity contribution in [2.75, 3.05) is 7.11 Å². The highest BCUT2D eigenvalue weighted by Crippen LogP contribution is 2.19. The maximum Gasteiger partial charge on any atom is 0.238 e. The molecule has 2 aromatic carbocycles. The minimum atomic E-state index is -3.68. The zero-order valence-electron chi connectivity index (χ0n) is 11.5. The number of nitrogens with two attached hydrogens (primary N) is 1. The summed E-state index contributed by atoms with van der Waals surface area (Å²) < 4.78 is 28.1. The van der Waals surface area contributed by atoms with Gasteiger partial charge in [0.05, 0.1) is 12.0 Å². The lowest BCUT2D eigenvalue weighted by atomic mass is 10.0. The molecular formula is C15H17NO3S. The molecule has 5 heteroatoms. The highest BCUT2D eigenvalue weighted by atomic mass is 32.2. The van der Waals surface area contributed by atoms with Gasteiger partial charge in [0.2, 0.25) is 10.0 Å². The summed E-state index contributed by atoms with van der Waals surface area (Å²) >= 11 is 0. The van der Waals surface area contributed by atoms with Gasteiger partial charge < -0.3 is 4.74 Å². The number of ether oxygens (including phenoxy) is 1. The van der Waals surface area contributed by atoms with Gasteiger partial charge in [-0.2, -0.15) is 0 Å². The second-order valence-corrected chi connectivity index (χ2v) is 6.20. The van der Waals surface area contributed by atoms with Gasteiger partial charge in [0.1, 0.15) is 5.75 Å². The molecule has 0 heterocycles. The molecule has 2 aromatic rings. The van der Waals surface area contributed by atoms with Crippen molar-refractivity contribution in [2.24, 2.45) is 5.14 Å². The van der Waals surface area contributed by atoms with E-state index in [-0.39, 0.29) is 4.90 Å². The second kappa shape index (κ2) is 5.64. The molecule has 0 saturated heterocycles. The zero-order valence-corrected chi connectivity index (χ0v) is 12.3. The Morgan fingerprint density at radius 3 is 2.20 bits per heavy atom. The van der Waals surface area contributed by atoms with Crippen molar-refractivity contribution in [1.82, 2.24) is 0 Å². The number of rotatable bonds is 4. The fourth-order valence-corrected chi connectivity index (χ4v) is 2.87. The van der Waals surface area contributed by atoms with Crippen LogP contribution in [0.2, 0.25) is 0 Å². The fourth-order valence-electron chi connectivity index (χ4n) is 2.04. The number of benzene rings is 2. The third-order valence-corrected chi connectivity index (χ3v) is 4.18. The van der Waals surface area contributed by atoms with E-state index in [9.17, 15) is 8.42 Å². The Bertz CT molecular complexity index is 706. The Morgan fingerprint density at radius 2 is 1.65 bits per heavy atom. The van der Waals surface area contributed by atoms with Crippen molar-refractivity contribution in [3.63, 3.8) is 0 Å². The third kappa shape index (κ3) is 3.37. The fraction of sp³-hybridized carbons (Fsp3) is 0.200. The number of methoxy groups -OCH3 is 1. The standard InChI is InChI=1S/C15H17NO3S/c1-11-3-4-13(10-15(11)20(16,17)18)9-12-5-7-14(19-2)8-6-12/h3-8,10H,9H2,1-2H3,(H2,16,17,18). The van der Waals surface area contributed by atoms with Crippen molar-refractivity contribution >= 4 is 10.0 Å². The zero-order chi connectivity index (χ0) is 14.8. The van der Waals surface area contributed by atoms with Crippen LogP contribution in [-0.2, 0) is 16.4 Å². The topological polar surface area (TPSA) is 69.4 Å². The summed E-state index contributed by atoms with van der Waals surface area (Å²) in [5.41, 5.74) is 2.64. The summed E-state index contributed by atoms with van der Waals surface area (Å²) in [7, 11) is -2.06. The average Bonchev–Trinajstić information content (AvgIpc) is 2.40. The molecule has 0 aliphatic heterocycles. The summed E-state index contributed by atoms with van der Waals surface area (Å²) in [6.45, 7) is 1.73. The molecule has 0 amide bonds. The van der Waals surface area contributed by atoms with E-state index < -0.39 is 10.0 Å². The molecule has 2 rings (SSSR count). The predicted molar refractivity (Wildman–Crippen MR) is 78.4 cm³/mol. The number of sulfonamides is 1. The van der Waals surface area contributed by atoms with Gasteiger partial charge in [-0.1, -0.05) is 24.3 Å². The molecule has 0 aliphatic rings. The van der Waals surface area contributed by atoms with Gasteiger partial charge in [-0.15, -0.1) is 0 Å². The van der Waals surface area contributed by atoms with Gasteiger partial charge in [-0.25, -0.2) is 13.6 Å². The maximum absolute atomic E-state index is 11.5. The molecule has 0 aliphatic carbocycles. The van der Waals surface area contributed by atoms with Crippen LogP contribution < -0.4 is 9.88 Å². The summed E-state index contributed by atoms with van der Waals surface area (Å²) in [5.74, 6) is 0.794. The van der Waals surface area contributed by atoms with Crippen molar-refractivity contribution in [3.8, 4) is 5.75 Å². The number of aryl methyl sites for hydroxylation is 1. The Morgan fingerprint density at radius 1 is 1.05 bits per heavy atom. The summed E-state index contributed by atoms with van der Waals surface area (Å²) in [6.07, 6.45) is 0.646. The minimum absolute atomic E-state index is 0.184. The molecule has 0 radical (unpaired) electrons. The molecule has 0 fully saturated rings. The lowest BCUT2D eigenvalue weighted by molar-refractivity contribution is 0.414. The minimum Gasteiger partial charge on any atom is -0.497 e. The van der Waals surface area contributed by atoms with Gasteiger partial charge in [-0.05, 0) is 48.2 Å². The van der Waals surface area contributed by atoms with E-state index in [1.807, 2.05) is 30.3 Å². The van der Waals surface area contributed by atoms with Crippen LogP contribution in [0.25, 0.3) is 0 Å². The van der Waals surface area contributed by atoms with E-state index >= 15 is 0 Å². The summed E-state index contributed by atoms with van der Waals surface area (Å²) in [5, 5.41) is 5.21. The monoisotopic (exact) mass is 291 g/mol. The molecular weight excluding hydrogens is 274 g/mol. The lowest BCUT2D eigenvalue weighted by Crippen LogP contribution is -2.14. The van der Waals surface area contributed by atoms with E-state index in [1.165, 1.54) is 0 Å². The van der Waals surface area contributed by atoms with Crippen LogP contribution in [0.3, 0.4) is 0 Å². The van der Waals surface area contributed by atoms with Crippen LogP contribution in [0.1, 0.15) is 16.7 Å². The first-order valence-corrected chi connectivity index (χ1v) is 7.70. The second-order valence-electron chi connectivity index (χ2n) is 4.67. The first kappa shape index (κ1) is 14.6. The van der Waals surface area contributed by atoms with Crippen LogP contribution in [-0.4, -0.2) is 15.5 Å². The Kier molecular flexibility index (Phi) is 4.11. The van der Waals surface area contributed by atoms with Gasteiger partial charge in [0.15, 0.2) is 0 Å².